The van der Waals surface area contributed by atoms with Crippen molar-refractivity contribution >= 4 is 16.5 Å². The van der Waals surface area contributed by atoms with E-state index >= 15 is 0 Å². The maximum Gasteiger partial charge on any atom is 0.150 e. The lowest BCUT2D eigenvalue weighted by molar-refractivity contribution is 0.680. The Morgan fingerprint density at radius 1 is 1.42 bits per heavy atom. The molecule has 0 bridgehead atoms. The Hall–Kier alpha value is -2.19. The van der Waals surface area contributed by atoms with Gasteiger partial charge in [-0.2, -0.15) is 5.26 Å². The first-order valence-corrected chi connectivity index (χ1v) is 7.02. The third kappa shape index (κ3) is 2.98. The Kier molecular flexibility index (Phi) is 3.93. The van der Waals surface area contributed by atoms with Crippen LogP contribution in [-0.4, -0.2) is 9.19 Å². The van der Waals surface area contributed by atoms with Crippen molar-refractivity contribution in [1.29, 1.82) is 5.26 Å². The van der Waals surface area contributed by atoms with Gasteiger partial charge in [0.1, 0.15) is 5.03 Å². The Labute approximate surface area is 114 Å². The summed E-state index contributed by atoms with van der Waals surface area (Å²) in [6.07, 6.45) is 1.58. The van der Waals surface area contributed by atoms with Crippen molar-refractivity contribution in [3.05, 3.63) is 53.2 Å². The van der Waals surface area contributed by atoms with E-state index in [1.165, 1.54) is 0 Å². The molecule has 0 aliphatic heterocycles. The fourth-order valence-corrected chi connectivity index (χ4v) is 2.98. The molecule has 2 N–H and O–H groups in total. The van der Waals surface area contributed by atoms with Crippen LogP contribution in [0.15, 0.2) is 41.6 Å². The summed E-state index contributed by atoms with van der Waals surface area (Å²) in [6, 6.07) is 10.8. The molecule has 0 saturated carbocycles. The van der Waals surface area contributed by atoms with E-state index in [2.05, 4.69) is 11.1 Å². The molecule has 96 valence electrons. The van der Waals surface area contributed by atoms with Crippen LogP contribution in [0.1, 0.15) is 16.7 Å². The van der Waals surface area contributed by atoms with Crippen molar-refractivity contribution in [2.75, 3.05) is 5.73 Å². The van der Waals surface area contributed by atoms with E-state index in [1.807, 2.05) is 13.0 Å². The van der Waals surface area contributed by atoms with Gasteiger partial charge in [-0.05, 0) is 42.3 Å². The summed E-state index contributed by atoms with van der Waals surface area (Å²) in [6.45, 7) is 1.90. The Morgan fingerprint density at radius 3 is 2.84 bits per heavy atom. The zero-order chi connectivity index (χ0) is 13.8. The lowest BCUT2D eigenvalue weighted by Crippen LogP contribution is -2.04. The minimum atomic E-state index is -1.28. The molecule has 0 saturated heterocycles. The first kappa shape index (κ1) is 13.2. The summed E-state index contributed by atoms with van der Waals surface area (Å²) in [5, 5.41) is 9.22. The standard InChI is InChI=1S/C14H13N3OS/c1-10-7-11(8-15)4-5-12(10)9-19(18)14-13(16)3-2-6-17-14/h2-7H,9,16H2,1H3. The molecule has 5 heteroatoms. The minimum Gasteiger partial charge on any atom is -0.396 e. The quantitative estimate of drug-likeness (QED) is 0.927. The van der Waals surface area contributed by atoms with Crippen LogP contribution >= 0.6 is 0 Å². The van der Waals surface area contributed by atoms with Crippen molar-refractivity contribution in [1.82, 2.24) is 4.98 Å². The largest absolute Gasteiger partial charge is 0.396 e. The fourth-order valence-electron chi connectivity index (χ4n) is 1.73. The second-order valence-corrected chi connectivity index (χ2v) is 5.51. The minimum absolute atomic E-state index is 0.346. The summed E-state index contributed by atoms with van der Waals surface area (Å²) in [4.78, 5) is 4.06. The van der Waals surface area contributed by atoms with Crippen LogP contribution in [0.4, 0.5) is 5.69 Å². The molecule has 0 spiro atoms. The Bertz CT molecular complexity index is 677. The third-order valence-electron chi connectivity index (χ3n) is 2.77. The van der Waals surface area contributed by atoms with Gasteiger partial charge >= 0.3 is 0 Å². The molecule has 2 aromatic rings. The average Bonchev–Trinajstić information content (AvgIpc) is 2.41. The van der Waals surface area contributed by atoms with E-state index in [0.29, 0.717) is 22.0 Å². The summed E-state index contributed by atoms with van der Waals surface area (Å²) in [5.74, 6) is 0.346. The number of hydrogen-bond donors (Lipinski definition) is 1. The second-order valence-electron chi connectivity index (χ2n) is 4.14. The molecule has 0 radical (unpaired) electrons. The van der Waals surface area contributed by atoms with E-state index in [-0.39, 0.29) is 0 Å². The predicted octanol–water partition coefficient (Wildman–Crippen LogP) is 2.15. The second kappa shape index (κ2) is 5.63. The van der Waals surface area contributed by atoms with Crippen molar-refractivity contribution in [3.8, 4) is 6.07 Å². The highest BCUT2D eigenvalue weighted by atomic mass is 32.2. The number of aryl methyl sites for hydroxylation is 1. The number of pyridine rings is 1. The first-order valence-electron chi connectivity index (χ1n) is 5.70. The van der Waals surface area contributed by atoms with Gasteiger partial charge in [0.05, 0.1) is 33.9 Å². The van der Waals surface area contributed by atoms with Gasteiger partial charge in [-0.1, -0.05) is 6.07 Å². The number of benzene rings is 1. The topological polar surface area (TPSA) is 79.8 Å². The lowest BCUT2D eigenvalue weighted by atomic mass is 10.1. The molecule has 0 aliphatic rings. The zero-order valence-corrected chi connectivity index (χ0v) is 11.3. The molecule has 0 fully saturated rings. The molecule has 1 aromatic carbocycles. The maximum absolute atomic E-state index is 12.2. The van der Waals surface area contributed by atoms with E-state index in [9.17, 15) is 4.21 Å². The zero-order valence-electron chi connectivity index (χ0n) is 10.5. The monoisotopic (exact) mass is 271 g/mol. The number of hydrogen-bond acceptors (Lipinski definition) is 4. The molecule has 1 atom stereocenters. The highest BCUT2D eigenvalue weighted by Crippen LogP contribution is 2.18. The number of anilines is 1. The van der Waals surface area contributed by atoms with Crippen LogP contribution in [0.3, 0.4) is 0 Å². The summed E-state index contributed by atoms with van der Waals surface area (Å²) < 4.78 is 12.2. The van der Waals surface area contributed by atoms with Crippen LogP contribution in [0, 0.1) is 18.3 Å². The van der Waals surface area contributed by atoms with Crippen LogP contribution in [-0.2, 0) is 16.6 Å². The summed E-state index contributed by atoms with van der Waals surface area (Å²) >= 11 is 0. The van der Waals surface area contributed by atoms with Gasteiger partial charge < -0.3 is 5.73 Å². The normalized spacial score (nSPS) is 11.8. The molecule has 1 unspecified atom stereocenters. The van der Waals surface area contributed by atoms with Crippen LogP contribution in [0.25, 0.3) is 0 Å². The summed E-state index contributed by atoms with van der Waals surface area (Å²) in [5.41, 5.74) is 8.68. The molecule has 2 rings (SSSR count). The van der Waals surface area contributed by atoms with E-state index in [4.69, 9.17) is 11.0 Å². The molecule has 0 aliphatic carbocycles. The van der Waals surface area contributed by atoms with Gasteiger partial charge in [0, 0.05) is 6.20 Å². The maximum atomic E-state index is 12.2. The van der Waals surface area contributed by atoms with Gasteiger partial charge in [-0.15, -0.1) is 0 Å². The van der Waals surface area contributed by atoms with Crippen LogP contribution in [0.5, 0.6) is 0 Å². The molecule has 4 nitrogen and oxygen atoms in total. The van der Waals surface area contributed by atoms with Gasteiger partial charge in [-0.25, -0.2) is 4.98 Å². The van der Waals surface area contributed by atoms with E-state index in [1.54, 1.807) is 30.5 Å². The summed E-state index contributed by atoms with van der Waals surface area (Å²) in [7, 11) is -1.28. The van der Waals surface area contributed by atoms with Crippen molar-refractivity contribution in [2.45, 2.75) is 17.7 Å². The Morgan fingerprint density at radius 2 is 2.21 bits per heavy atom. The van der Waals surface area contributed by atoms with Gasteiger partial charge in [0.15, 0.2) is 0 Å². The molecule has 1 aromatic heterocycles. The van der Waals surface area contributed by atoms with Crippen molar-refractivity contribution in [3.63, 3.8) is 0 Å². The molecular formula is C14H13N3OS. The number of nitriles is 1. The fraction of sp³-hybridized carbons (Fsp3) is 0.143. The molecule has 0 amide bonds. The predicted molar refractivity (Wildman–Crippen MR) is 74.7 cm³/mol. The lowest BCUT2D eigenvalue weighted by Gasteiger charge is -2.07. The first-order chi connectivity index (χ1) is 9.11. The number of rotatable bonds is 3. The smallest absolute Gasteiger partial charge is 0.150 e. The van der Waals surface area contributed by atoms with Crippen LogP contribution in [0.2, 0.25) is 0 Å². The van der Waals surface area contributed by atoms with Crippen LogP contribution < -0.4 is 5.73 Å². The number of nitrogen functional groups attached to an aromatic ring is 1. The molecule has 1 heterocycles. The van der Waals surface area contributed by atoms with Gasteiger partial charge in [0.2, 0.25) is 0 Å². The highest BCUT2D eigenvalue weighted by Gasteiger charge is 2.11. The van der Waals surface area contributed by atoms with Crippen molar-refractivity contribution < 1.29 is 4.21 Å². The number of nitrogens with zero attached hydrogens (tertiary/aromatic N) is 2. The van der Waals surface area contributed by atoms with E-state index in [0.717, 1.165) is 11.1 Å². The molecule has 19 heavy (non-hydrogen) atoms. The highest BCUT2D eigenvalue weighted by molar-refractivity contribution is 7.84. The number of aromatic nitrogens is 1. The van der Waals surface area contributed by atoms with Gasteiger partial charge in [0.25, 0.3) is 0 Å². The average molecular weight is 271 g/mol. The van der Waals surface area contributed by atoms with Gasteiger partial charge in [-0.3, -0.25) is 4.21 Å². The molecular weight excluding hydrogens is 258 g/mol. The SMILES string of the molecule is Cc1cc(C#N)ccc1CS(=O)c1ncccc1N. The number of nitrogens with two attached hydrogens (primary N) is 1. The third-order valence-corrected chi connectivity index (χ3v) is 4.12. The van der Waals surface area contributed by atoms with E-state index < -0.39 is 10.8 Å². The van der Waals surface area contributed by atoms with Crippen molar-refractivity contribution in [2.24, 2.45) is 0 Å². The Balaban J connectivity index is 2.25.